The van der Waals surface area contributed by atoms with Crippen LogP contribution in [0.2, 0.25) is 0 Å². The number of aliphatic hydroxyl groups excluding tert-OH is 1. The van der Waals surface area contributed by atoms with Gasteiger partial charge in [-0.2, -0.15) is 0 Å². The van der Waals surface area contributed by atoms with E-state index in [0.29, 0.717) is 33.0 Å². The standard InChI is InChI=1S/C30H50O/c1-25(2)15-16-27(5)17-18-29(7)20(21(27)19-25)9-10-23-28(6)13-12-24(31)26(3,4)22(28)11-14-30(23,29)8/h19-20,22-24,31H,9-18H2,1-8H3/t20-,22+,23-,24?,27-,28+,29-,30-/m1/s1. The Hall–Kier alpha value is -0.300. The first kappa shape index (κ1) is 22.5. The van der Waals surface area contributed by atoms with Crippen molar-refractivity contribution in [2.75, 3.05) is 0 Å². The molecule has 4 fully saturated rings. The van der Waals surface area contributed by atoms with Gasteiger partial charge in [-0.3, -0.25) is 0 Å². The molecule has 5 aliphatic carbocycles. The maximum Gasteiger partial charge on any atom is 0.0594 e. The number of hydrogen-bond acceptors (Lipinski definition) is 1. The molecule has 4 saturated carbocycles. The van der Waals surface area contributed by atoms with Gasteiger partial charge in [0.25, 0.3) is 0 Å². The average Bonchev–Trinajstić information content (AvgIpc) is 2.67. The number of allylic oxidation sites excluding steroid dienone is 2. The first-order valence-electron chi connectivity index (χ1n) is 13.6. The summed E-state index contributed by atoms with van der Waals surface area (Å²) in [6, 6.07) is 0. The summed E-state index contributed by atoms with van der Waals surface area (Å²) >= 11 is 0. The highest BCUT2D eigenvalue weighted by Gasteiger charge is 2.68. The molecule has 1 N–H and O–H groups in total. The van der Waals surface area contributed by atoms with Crippen LogP contribution in [0.5, 0.6) is 0 Å². The molecule has 0 aromatic heterocycles. The van der Waals surface area contributed by atoms with E-state index in [0.717, 1.165) is 18.3 Å². The normalized spacial score (nSPS) is 55.2. The number of hydrogen-bond donors (Lipinski definition) is 1. The Morgan fingerprint density at radius 3 is 2.06 bits per heavy atom. The van der Waals surface area contributed by atoms with Gasteiger partial charge >= 0.3 is 0 Å². The van der Waals surface area contributed by atoms with Gasteiger partial charge in [0.05, 0.1) is 6.10 Å². The Morgan fingerprint density at radius 1 is 0.677 bits per heavy atom. The minimum atomic E-state index is -0.119. The van der Waals surface area contributed by atoms with Gasteiger partial charge < -0.3 is 5.11 Å². The molecule has 8 atom stereocenters. The minimum absolute atomic E-state index is 0.0626. The zero-order valence-electron chi connectivity index (χ0n) is 21.9. The lowest BCUT2D eigenvalue weighted by Crippen LogP contribution is -2.65. The number of aliphatic hydroxyl groups is 1. The van der Waals surface area contributed by atoms with Crippen LogP contribution >= 0.6 is 0 Å². The summed E-state index contributed by atoms with van der Waals surface area (Å²) in [4.78, 5) is 0. The Labute approximate surface area is 192 Å². The van der Waals surface area contributed by atoms with E-state index < -0.39 is 0 Å². The van der Waals surface area contributed by atoms with Gasteiger partial charge in [0, 0.05) is 0 Å². The molecule has 0 heterocycles. The van der Waals surface area contributed by atoms with Gasteiger partial charge in [0.15, 0.2) is 0 Å². The largest absolute Gasteiger partial charge is 0.393 e. The van der Waals surface area contributed by atoms with Gasteiger partial charge in [-0.05, 0) is 114 Å². The molecular formula is C30H50O. The molecule has 0 bridgehead atoms. The average molecular weight is 427 g/mol. The van der Waals surface area contributed by atoms with Crippen molar-refractivity contribution in [1.29, 1.82) is 0 Å². The lowest BCUT2D eigenvalue weighted by molar-refractivity contribution is -0.228. The highest BCUT2D eigenvalue weighted by Crippen LogP contribution is 2.76. The first-order valence-corrected chi connectivity index (χ1v) is 13.6. The van der Waals surface area contributed by atoms with Crippen LogP contribution in [0.15, 0.2) is 11.6 Å². The molecule has 5 aliphatic rings. The predicted octanol–water partition coefficient (Wildman–Crippen LogP) is 8.17. The predicted molar refractivity (Wildman–Crippen MR) is 131 cm³/mol. The fraction of sp³-hybridized carbons (Fsp3) is 0.933. The van der Waals surface area contributed by atoms with Gasteiger partial charge in [0.1, 0.15) is 0 Å². The summed E-state index contributed by atoms with van der Waals surface area (Å²) in [6.07, 6.45) is 15.9. The van der Waals surface area contributed by atoms with Crippen molar-refractivity contribution in [3.05, 3.63) is 11.6 Å². The van der Waals surface area contributed by atoms with Crippen LogP contribution in [0.4, 0.5) is 0 Å². The second kappa shape index (κ2) is 6.43. The minimum Gasteiger partial charge on any atom is -0.393 e. The molecule has 1 unspecified atom stereocenters. The third-order valence-corrected chi connectivity index (χ3v) is 13.0. The summed E-state index contributed by atoms with van der Waals surface area (Å²) in [7, 11) is 0. The van der Waals surface area contributed by atoms with Crippen molar-refractivity contribution in [2.45, 2.75) is 126 Å². The van der Waals surface area contributed by atoms with Crippen molar-refractivity contribution in [1.82, 2.24) is 0 Å². The molecule has 0 spiro atoms. The number of fused-ring (bicyclic) bond motifs is 7. The van der Waals surface area contributed by atoms with Gasteiger partial charge in [-0.1, -0.05) is 67.0 Å². The highest BCUT2D eigenvalue weighted by molar-refractivity contribution is 5.31. The Kier molecular flexibility index (Phi) is 4.66. The summed E-state index contributed by atoms with van der Waals surface area (Å²) in [5, 5.41) is 10.9. The van der Waals surface area contributed by atoms with Crippen LogP contribution < -0.4 is 0 Å². The van der Waals surface area contributed by atoms with Crippen LogP contribution in [0, 0.1) is 50.2 Å². The first-order chi connectivity index (χ1) is 14.2. The Bertz CT molecular complexity index is 790. The van der Waals surface area contributed by atoms with Crippen LogP contribution in [0.1, 0.15) is 120 Å². The van der Waals surface area contributed by atoms with Crippen molar-refractivity contribution < 1.29 is 5.11 Å². The van der Waals surface area contributed by atoms with Crippen molar-refractivity contribution in [3.8, 4) is 0 Å². The van der Waals surface area contributed by atoms with Crippen molar-refractivity contribution in [2.24, 2.45) is 50.2 Å². The third-order valence-electron chi connectivity index (χ3n) is 13.0. The smallest absolute Gasteiger partial charge is 0.0594 e. The molecule has 0 aliphatic heterocycles. The third kappa shape index (κ3) is 2.77. The number of rotatable bonds is 0. The van der Waals surface area contributed by atoms with E-state index >= 15 is 0 Å². The maximum absolute atomic E-state index is 10.9. The molecule has 176 valence electrons. The van der Waals surface area contributed by atoms with Crippen LogP contribution in [-0.4, -0.2) is 11.2 Å². The fourth-order valence-electron chi connectivity index (χ4n) is 10.6. The molecule has 0 radical (unpaired) electrons. The lowest BCUT2D eigenvalue weighted by atomic mass is 9.32. The monoisotopic (exact) mass is 426 g/mol. The van der Waals surface area contributed by atoms with E-state index in [1.807, 2.05) is 5.57 Å². The topological polar surface area (TPSA) is 20.2 Å². The molecule has 1 heteroatoms. The molecule has 0 aromatic carbocycles. The van der Waals surface area contributed by atoms with Gasteiger partial charge in [-0.15, -0.1) is 0 Å². The van der Waals surface area contributed by atoms with Crippen molar-refractivity contribution >= 4 is 0 Å². The lowest BCUT2D eigenvalue weighted by Gasteiger charge is -2.72. The van der Waals surface area contributed by atoms with Crippen LogP contribution in [-0.2, 0) is 0 Å². The zero-order chi connectivity index (χ0) is 22.7. The molecule has 0 saturated heterocycles. The van der Waals surface area contributed by atoms with E-state index in [4.69, 9.17) is 0 Å². The fourth-order valence-corrected chi connectivity index (χ4v) is 10.6. The maximum atomic E-state index is 10.9. The molecule has 1 nitrogen and oxygen atoms in total. The zero-order valence-corrected chi connectivity index (χ0v) is 21.9. The van der Waals surface area contributed by atoms with E-state index in [1.54, 1.807) is 0 Å². The van der Waals surface area contributed by atoms with E-state index in [-0.39, 0.29) is 11.5 Å². The van der Waals surface area contributed by atoms with Gasteiger partial charge in [0.2, 0.25) is 0 Å². The molecule has 5 rings (SSSR count). The summed E-state index contributed by atoms with van der Waals surface area (Å²) in [6.45, 7) is 20.4. The molecule has 0 aromatic rings. The molecular weight excluding hydrogens is 376 g/mol. The quantitative estimate of drug-likeness (QED) is 0.387. The highest BCUT2D eigenvalue weighted by atomic mass is 16.3. The summed E-state index contributed by atoms with van der Waals surface area (Å²) < 4.78 is 0. The Morgan fingerprint density at radius 2 is 1.35 bits per heavy atom. The van der Waals surface area contributed by atoms with E-state index in [2.05, 4.69) is 61.5 Å². The molecule has 31 heavy (non-hydrogen) atoms. The SMILES string of the molecule is CC1(C)C=C2[C@H]3CC[C@@H]4[C@@]5(C)CCC(O)C(C)(C)[C@@H]5CC[C@@]4(C)[C@]3(C)CC[C@@]2(C)CC1. The molecule has 0 amide bonds. The second-order valence-electron chi connectivity index (χ2n) is 15.1. The van der Waals surface area contributed by atoms with E-state index in [1.165, 1.54) is 57.8 Å². The van der Waals surface area contributed by atoms with E-state index in [9.17, 15) is 5.11 Å². The summed E-state index contributed by atoms with van der Waals surface area (Å²) in [5.74, 6) is 2.27. The Balaban J connectivity index is 1.56. The van der Waals surface area contributed by atoms with Crippen molar-refractivity contribution in [3.63, 3.8) is 0 Å². The van der Waals surface area contributed by atoms with Gasteiger partial charge in [-0.25, -0.2) is 0 Å². The second-order valence-corrected chi connectivity index (χ2v) is 15.1. The van der Waals surface area contributed by atoms with Crippen LogP contribution in [0.3, 0.4) is 0 Å². The van der Waals surface area contributed by atoms with Crippen LogP contribution in [0.25, 0.3) is 0 Å². The summed E-state index contributed by atoms with van der Waals surface area (Å²) in [5.41, 5.74) is 4.02.